The lowest BCUT2D eigenvalue weighted by molar-refractivity contribution is 0.208. The number of nitrogens with zero attached hydrogens (tertiary/aromatic N) is 1. The Morgan fingerprint density at radius 3 is 2.90 bits per heavy atom. The summed E-state index contributed by atoms with van der Waals surface area (Å²) in [5.74, 6) is 0.538. The van der Waals surface area contributed by atoms with E-state index in [0.717, 1.165) is 17.0 Å². The fourth-order valence-corrected chi connectivity index (χ4v) is 2.05. The van der Waals surface area contributed by atoms with Crippen molar-refractivity contribution in [2.75, 3.05) is 33.4 Å². The molecule has 1 aromatic carbocycles. The molecule has 0 saturated carbocycles. The van der Waals surface area contributed by atoms with Gasteiger partial charge in [0.1, 0.15) is 5.82 Å². The summed E-state index contributed by atoms with van der Waals surface area (Å²) < 4.78 is 19.4. The summed E-state index contributed by atoms with van der Waals surface area (Å²) in [6.07, 6.45) is 0.597. The van der Waals surface area contributed by atoms with E-state index in [4.69, 9.17) is 4.74 Å². The quantitative estimate of drug-likeness (QED) is 0.453. The van der Waals surface area contributed by atoms with Crippen molar-refractivity contribution in [2.24, 2.45) is 4.99 Å². The lowest BCUT2D eigenvalue weighted by atomic mass is 10.1. The van der Waals surface area contributed by atoms with Gasteiger partial charge in [-0.15, -0.1) is 0 Å². The van der Waals surface area contributed by atoms with Crippen molar-refractivity contribution in [1.29, 1.82) is 0 Å². The molecule has 0 spiro atoms. The van der Waals surface area contributed by atoms with Gasteiger partial charge in [-0.1, -0.05) is 15.9 Å². The highest BCUT2D eigenvalue weighted by molar-refractivity contribution is 9.10. The van der Waals surface area contributed by atoms with E-state index < -0.39 is 0 Å². The van der Waals surface area contributed by atoms with Crippen LogP contribution in [0.5, 0.6) is 0 Å². The molecular formula is C14H21BrFN3O. The van der Waals surface area contributed by atoms with Crippen LogP contribution in [0.2, 0.25) is 0 Å². The van der Waals surface area contributed by atoms with Gasteiger partial charge in [-0.25, -0.2) is 4.39 Å². The van der Waals surface area contributed by atoms with Crippen LogP contribution in [-0.2, 0) is 11.2 Å². The Labute approximate surface area is 127 Å². The maximum absolute atomic E-state index is 13.6. The molecule has 2 N–H and O–H groups in total. The van der Waals surface area contributed by atoms with Crippen LogP contribution in [0.15, 0.2) is 27.7 Å². The molecule has 0 saturated heterocycles. The molecule has 0 heterocycles. The van der Waals surface area contributed by atoms with E-state index in [9.17, 15) is 4.39 Å². The van der Waals surface area contributed by atoms with Gasteiger partial charge in [-0.2, -0.15) is 0 Å². The van der Waals surface area contributed by atoms with Gasteiger partial charge in [0.05, 0.1) is 13.2 Å². The summed E-state index contributed by atoms with van der Waals surface area (Å²) in [4.78, 5) is 4.34. The molecule has 0 unspecified atom stereocenters. The topological polar surface area (TPSA) is 45.7 Å². The van der Waals surface area contributed by atoms with Crippen LogP contribution in [-0.4, -0.2) is 39.3 Å². The van der Waals surface area contributed by atoms with Gasteiger partial charge >= 0.3 is 0 Å². The number of benzene rings is 1. The Morgan fingerprint density at radius 2 is 2.20 bits per heavy atom. The second-order valence-electron chi connectivity index (χ2n) is 4.17. The number of methoxy groups -OCH3 is 1. The number of nitrogens with one attached hydrogen (secondary N) is 2. The van der Waals surface area contributed by atoms with Crippen molar-refractivity contribution in [3.8, 4) is 0 Å². The van der Waals surface area contributed by atoms with Crippen molar-refractivity contribution in [3.05, 3.63) is 34.1 Å². The molecule has 112 valence electrons. The first-order valence-corrected chi connectivity index (χ1v) is 7.41. The standard InChI is InChI=1S/C14H21BrFN3O/c1-3-17-14(19-8-9-20-2)18-7-6-11-10-12(15)4-5-13(11)16/h4-5,10H,3,6-9H2,1-2H3,(H2,17,18,19). The van der Waals surface area contributed by atoms with Gasteiger partial charge in [-0.3, -0.25) is 4.99 Å². The maximum Gasteiger partial charge on any atom is 0.191 e. The normalized spacial score (nSPS) is 11.5. The van der Waals surface area contributed by atoms with Crippen molar-refractivity contribution in [3.63, 3.8) is 0 Å². The van der Waals surface area contributed by atoms with Gasteiger partial charge in [0.25, 0.3) is 0 Å². The van der Waals surface area contributed by atoms with Gasteiger partial charge < -0.3 is 15.4 Å². The molecule has 0 radical (unpaired) electrons. The summed E-state index contributed by atoms with van der Waals surface area (Å²) >= 11 is 3.35. The van der Waals surface area contributed by atoms with Gasteiger partial charge in [0.15, 0.2) is 5.96 Å². The number of aliphatic imine (C=N–C) groups is 1. The lowest BCUT2D eigenvalue weighted by Gasteiger charge is -2.11. The second-order valence-corrected chi connectivity index (χ2v) is 5.08. The fraction of sp³-hybridized carbons (Fsp3) is 0.500. The minimum Gasteiger partial charge on any atom is -0.383 e. The van der Waals surface area contributed by atoms with Crippen LogP contribution in [0.4, 0.5) is 4.39 Å². The predicted molar refractivity (Wildman–Crippen MR) is 83.7 cm³/mol. The first-order valence-electron chi connectivity index (χ1n) is 6.62. The Morgan fingerprint density at radius 1 is 1.40 bits per heavy atom. The zero-order chi connectivity index (χ0) is 14.8. The van der Waals surface area contributed by atoms with Gasteiger partial charge in [-0.05, 0) is 37.1 Å². The molecule has 0 atom stereocenters. The molecule has 1 rings (SSSR count). The van der Waals surface area contributed by atoms with E-state index >= 15 is 0 Å². The van der Waals surface area contributed by atoms with E-state index in [1.807, 2.05) is 6.92 Å². The average Bonchev–Trinajstić information content (AvgIpc) is 2.43. The average molecular weight is 346 g/mol. The van der Waals surface area contributed by atoms with Crippen molar-refractivity contribution < 1.29 is 9.13 Å². The second kappa shape index (κ2) is 9.72. The van der Waals surface area contributed by atoms with Crippen LogP contribution in [0, 0.1) is 5.82 Å². The molecule has 1 aromatic rings. The SMILES string of the molecule is CCNC(=NCCOC)NCCc1cc(Br)ccc1F. The number of rotatable bonds is 7. The van der Waals surface area contributed by atoms with Crippen LogP contribution in [0.1, 0.15) is 12.5 Å². The molecule has 0 amide bonds. The summed E-state index contributed by atoms with van der Waals surface area (Å²) in [7, 11) is 1.64. The third-order valence-corrected chi connectivity index (χ3v) is 3.10. The van der Waals surface area contributed by atoms with Crippen molar-refractivity contribution in [2.45, 2.75) is 13.3 Å². The molecule has 0 aliphatic rings. The number of ether oxygens (including phenoxy) is 1. The predicted octanol–water partition coefficient (Wildman–Crippen LogP) is 2.33. The number of hydrogen-bond acceptors (Lipinski definition) is 2. The van der Waals surface area contributed by atoms with Crippen LogP contribution in [0.25, 0.3) is 0 Å². The van der Waals surface area contributed by atoms with E-state index in [-0.39, 0.29) is 5.82 Å². The minimum atomic E-state index is -0.184. The summed E-state index contributed by atoms with van der Waals surface area (Å²) in [6.45, 7) is 4.58. The number of hydrogen-bond donors (Lipinski definition) is 2. The van der Waals surface area contributed by atoms with Crippen molar-refractivity contribution in [1.82, 2.24) is 10.6 Å². The first kappa shape index (κ1) is 16.9. The molecule has 0 aliphatic heterocycles. The van der Waals surface area contributed by atoms with E-state index in [2.05, 4.69) is 31.6 Å². The number of guanidine groups is 1. The summed E-state index contributed by atoms with van der Waals surface area (Å²) in [6, 6.07) is 4.96. The van der Waals surface area contributed by atoms with Crippen molar-refractivity contribution >= 4 is 21.9 Å². The third kappa shape index (κ3) is 6.34. The molecule has 20 heavy (non-hydrogen) atoms. The van der Waals surface area contributed by atoms with E-state index in [1.165, 1.54) is 6.07 Å². The first-order chi connectivity index (χ1) is 9.67. The highest BCUT2D eigenvalue weighted by Gasteiger charge is 2.03. The summed E-state index contributed by atoms with van der Waals surface area (Å²) in [5, 5.41) is 6.31. The number of halogens is 2. The van der Waals surface area contributed by atoms with Gasteiger partial charge in [0, 0.05) is 24.7 Å². The molecule has 0 bridgehead atoms. The Hall–Kier alpha value is -1.14. The molecule has 0 aromatic heterocycles. The maximum atomic E-state index is 13.6. The van der Waals surface area contributed by atoms with E-state index in [0.29, 0.717) is 31.7 Å². The van der Waals surface area contributed by atoms with Crippen LogP contribution < -0.4 is 10.6 Å². The molecule has 6 heteroatoms. The highest BCUT2D eigenvalue weighted by Crippen LogP contribution is 2.15. The molecule has 4 nitrogen and oxygen atoms in total. The fourth-order valence-electron chi connectivity index (χ4n) is 1.64. The summed E-state index contributed by atoms with van der Waals surface area (Å²) in [5.41, 5.74) is 0.680. The third-order valence-electron chi connectivity index (χ3n) is 2.60. The zero-order valence-corrected chi connectivity index (χ0v) is 13.5. The van der Waals surface area contributed by atoms with Gasteiger partial charge in [0.2, 0.25) is 0 Å². The largest absolute Gasteiger partial charge is 0.383 e. The molecule has 0 aliphatic carbocycles. The Bertz CT molecular complexity index is 440. The zero-order valence-electron chi connectivity index (χ0n) is 11.9. The smallest absolute Gasteiger partial charge is 0.191 e. The highest BCUT2D eigenvalue weighted by atomic mass is 79.9. The Kier molecular flexibility index (Phi) is 8.22. The minimum absolute atomic E-state index is 0.184. The van der Waals surface area contributed by atoms with E-state index in [1.54, 1.807) is 19.2 Å². The Balaban J connectivity index is 2.47. The molecule has 0 fully saturated rings. The van der Waals surface area contributed by atoms with Crippen LogP contribution >= 0.6 is 15.9 Å². The monoisotopic (exact) mass is 345 g/mol. The van der Waals surface area contributed by atoms with Crippen LogP contribution in [0.3, 0.4) is 0 Å². The molecular weight excluding hydrogens is 325 g/mol. The lowest BCUT2D eigenvalue weighted by Crippen LogP contribution is -2.38.